The zero-order chi connectivity index (χ0) is 17.8. The van der Waals surface area contributed by atoms with Crippen molar-refractivity contribution in [3.05, 3.63) is 48.7 Å². The number of aliphatic hydroxyl groups is 1. The number of para-hydroxylation sites is 1. The molecule has 3 heterocycles. The van der Waals surface area contributed by atoms with Crippen LogP contribution in [0.15, 0.2) is 48.7 Å². The molecule has 0 unspecified atom stereocenters. The number of halogens is 1. The van der Waals surface area contributed by atoms with Gasteiger partial charge >= 0.3 is 0 Å². The van der Waals surface area contributed by atoms with E-state index in [2.05, 4.69) is 20.1 Å². The zero-order valence-corrected chi connectivity index (χ0v) is 15.8. The molecule has 8 heteroatoms. The van der Waals surface area contributed by atoms with Crippen molar-refractivity contribution in [1.29, 1.82) is 0 Å². The molecular weight excluding hydrogens is 364 g/mol. The van der Waals surface area contributed by atoms with E-state index in [0.29, 0.717) is 6.54 Å². The number of nitrogens with zero attached hydrogens (tertiary/aromatic N) is 5. The molecule has 3 aromatic rings. The van der Waals surface area contributed by atoms with Crippen LogP contribution in [0.2, 0.25) is 0 Å². The minimum atomic E-state index is 0. The fourth-order valence-electron chi connectivity index (χ4n) is 3.19. The largest absolute Gasteiger partial charge is 0.395 e. The van der Waals surface area contributed by atoms with Gasteiger partial charge in [-0.2, -0.15) is 4.98 Å². The Morgan fingerprint density at radius 1 is 0.926 bits per heavy atom. The van der Waals surface area contributed by atoms with Crippen molar-refractivity contribution < 1.29 is 5.11 Å². The molecule has 0 spiro atoms. The van der Waals surface area contributed by atoms with Crippen molar-refractivity contribution in [2.45, 2.75) is 0 Å². The Balaban J connectivity index is 0.00000210. The normalized spacial score (nSPS) is 14.1. The number of anilines is 3. The van der Waals surface area contributed by atoms with Crippen molar-refractivity contribution in [1.82, 2.24) is 15.0 Å². The number of rotatable bonds is 5. The average molecular weight is 387 g/mol. The lowest BCUT2D eigenvalue weighted by Crippen LogP contribution is -2.47. The lowest BCUT2D eigenvalue weighted by Gasteiger charge is -2.35. The van der Waals surface area contributed by atoms with Crippen LogP contribution in [0.4, 0.5) is 17.6 Å². The molecule has 0 atom stereocenters. The third-order valence-electron chi connectivity index (χ3n) is 4.53. The molecule has 0 aliphatic carbocycles. The second-order valence-corrected chi connectivity index (χ2v) is 6.20. The van der Waals surface area contributed by atoms with Crippen LogP contribution in [-0.4, -0.2) is 59.4 Å². The summed E-state index contributed by atoms with van der Waals surface area (Å²) in [6.07, 6.45) is 1.83. The number of benzene rings is 1. The van der Waals surface area contributed by atoms with E-state index in [4.69, 9.17) is 15.1 Å². The van der Waals surface area contributed by atoms with Crippen LogP contribution in [-0.2, 0) is 0 Å². The number of aromatic nitrogens is 3. The number of fused-ring (bicyclic) bond motifs is 1. The van der Waals surface area contributed by atoms with Crippen LogP contribution in [0, 0.1) is 0 Å². The molecule has 1 aliphatic heterocycles. The first-order valence-corrected chi connectivity index (χ1v) is 8.87. The maximum atomic E-state index is 9.13. The maximum absolute atomic E-state index is 9.13. The minimum Gasteiger partial charge on any atom is -0.395 e. The second kappa shape index (κ2) is 8.83. The third-order valence-corrected chi connectivity index (χ3v) is 4.53. The van der Waals surface area contributed by atoms with E-state index >= 15 is 0 Å². The Kier molecular flexibility index (Phi) is 6.26. The van der Waals surface area contributed by atoms with Crippen LogP contribution in [0.25, 0.3) is 10.9 Å². The highest BCUT2D eigenvalue weighted by Gasteiger charge is 2.21. The molecule has 27 heavy (non-hydrogen) atoms. The molecule has 0 bridgehead atoms. The summed E-state index contributed by atoms with van der Waals surface area (Å²) in [5.74, 6) is 2.51. The summed E-state index contributed by atoms with van der Waals surface area (Å²) in [7, 11) is 0. The number of piperazine rings is 1. The van der Waals surface area contributed by atoms with Crippen molar-refractivity contribution in [3.63, 3.8) is 0 Å². The molecule has 2 aromatic heterocycles. The Hall–Kier alpha value is -2.64. The van der Waals surface area contributed by atoms with E-state index in [9.17, 15) is 0 Å². The molecule has 1 saturated heterocycles. The number of hydrogen-bond acceptors (Lipinski definition) is 7. The highest BCUT2D eigenvalue weighted by Crippen LogP contribution is 2.24. The zero-order valence-electron chi connectivity index (χ0n) is 15.0. The highest BCUT2D eigenvalue weighted by atomic mass is 35.5. The second-order valence-electron chi connectivity index (χ2n) is 6.20. The maximum Gasteiger partial charge on any atom is 0.228 e. The predicted molar refractivity (Wildman–Crippen MR) is 111 cm³/mol. The number of nitrogens with one attached hydrogen (secondary N) is 1. The van der Waals surface area contributed by atoms with Gasteiger partial charge < -0.3 is 20.2 Å². The van der Waals surface area contributed by atoms with E-state index in [1.165, 1.54) is 0 Å². The Bertz CT molecular complexity index is 870. The van der Waals surface area contributed by atoms with E-state index in [0.717, 1.165) is 54.7 Å². The van der Waals surface area contributed by atoms with E-state index in [1.54, 1.807) is 0 Å². The van der Waals surface area contributed by atoms with Crippen molar-refractivity contribution >= 4 is 40.9 Å². The molecule has 0 saturated carbocycles. The Morgan fingerprint density at radius 3 is 2.41 bits per heavy atom. The minimum absolute atomic E-state index is 0. The van der Waals surface area contributed by atoms with E-state index in [1.807, 2.05) is 48.7 Å². The fourth-order valence-corrected chi connectivity index (χ4v) is 3.19. The van der Waals surface area contributed by atoms with Crippen LogP contribution >= 0.6 is 12.4 Å². The quantitative estimate of drug-likeness (QED) is 0.695. The standard InChI is InChI=1S/C19H22N6O.ClH/c26-14-9-21-18-15-5-1-2-6-16(15)22-19(23-18)25-12-10-24(11-13-25)17-7-3-4-8-20-17;/h1-8,26H,9-14H2,(H,21,22,23);1H. The molecular formula is C19H23ClN6O. The van der Waals surface area contributed by atoms with Crippen LogP contribution < -0.4 is 15.1 Å². The van der Waals surface area contributed by atoms with Gasteiger partial charge in [-0.05, 0) is 24.3 Å². The van der Waals surface area contributed by atoms with Crippen LogP contribution in [0.1, 0.15) is 0 Å². The first-order chi connectivity index (χ1) is 12.8. The first kappa shape index (κ1) is 19.1. The summed E-state index contributed by atoms with van der Waals surface area (Å²) in [5.41, 5.74) is 0.907. The summed E-state index contributed by atoms with van der Waals surface area (Å²) in [4.78, 5) is 18.4. The Morgan fingerprint density at radius 2 is 1.67 bits per heavy atom. The molecule has 2 N–H and O–H groups in total. The van der Waals surface area contributed by atoms with Gasteiger partial charge in [-0.3, -0.25) is 0 Å². The number of hydrogen-bond donors (Lipinski definition) is 2. The molecule has 0 amide bonds. The van der Waals surface area contributed by atoms with E-state index in [-0.39, 0.29) is 19.0 Å². The summed E-state index contributed by atoms with van der Waals surface area (Å²) >= 11 is 0. The smallest absolute Gasteiger partial charge is 0.228 e. The number of pyridine rings is 1. The van der Waals surface area contributed by atoms with Gasteiger partial charge in [-0.1, -0.05) is 18.2 Å². The molecule has 142 valence electrons. The van der Waals surface area contributed by atoms with Crippen LogP contribution in [0.3, 0.4) is 0 Å². The highest BCUT2D eigenvalue weighted by molar-refractivity contribution is 5.90. The number of aliphatic hydroxyl groups excluding tert-OH is 1. The summed E-state index contributed by atoms with van der Waals surface area (Å²) in [5, 5.41) is 13.3. The molecule has 1 fully saturated rings. The molecule has 4 rings (SSSR count). The molecule has 1 aliphatic rings. The van der Waals surface area contributed by atoms with Gasteiger partial charge in [0.15, 0.2) is 0 Å². The van der Waals surface area contributed by atoms with Gasteiger partial charge in [0.2, 0.25) is 5.95 Å². The summed E-state index contributed by atoms with van der Waals surface area (Å²) in [6.45, 7) is 3.98. The molecule has 1 aromatic carbocycles. The SMILES string of the molecule is Cl.OCCNc1nc(N2CCN(c3ccccn3)CC2)nc2ccccc12. The Labute approximate surface area is 164 Å². The van der Waals surface area contributed by atoms with Crippen LogP contribution in [0.5, 0.6) is 0 Å². The first-order valence-electron chi connectivity index (χ1n) is 8.87. The van der Waals surface area contributed by atoms with Gasteiger partial charge in [0.05, 0.1) is 12.1 Å². The predicted octanol–water partition coefficient (Wildman–Crippen LogP) is 2.18. The van der Waals surface area contributed by atoms with Crippen molar-refractivity contribution in [2.75, 3.05) is 54.4 Å². The van der Waals surface area contributed by atoms with Gasteiger partial charge in [0.1, 0.15) is 11.6 Å². The van der Waals surface area contributed by atoms with Gasteiger partial charge in [0.25, 0.3) is 0 Å². The lowest BCUT2D eigenvalue weighted by molar-refractivity contribution is 0.311. The third kappa shape index (κ3) is 4.20. The summed E-state index contributed by atoms with van der Waals surface area (Å²) in [6, 6.07) is 13.9. The average Bonchev–Trinajstić information content (AvgIpc) is 2.72. The van der Waals surface area contributed by atoms with Gasteiger partial charge in [-0.15, -0.1) is 12.4 Å². The topological polar surface area (TPSA) is 77.4 Å². The van der Waals surface area contributed by atoms with Gasteiger partial charge in [0, 0.05) is 44.3 Å². The molecule has 0 radical (unpaired) electrons. The summed E-state index contributed by atoms with van der Waals surface area (Å²) < 4.78 is 0. The fraction of sp³-hybridized carbons (Fsp3) is 0.316. The van der Waals surface area contributed by atoms with Crippen molar-refractivity contribution in [2.24, 2.45) is 0 Å². The van der Waals surface area contributed by atoms with Crippen molar-refractivity contribution in [3.8, 4) is 0 Å². The van der Waals surface area contributed by atoms with Gasteiger partial charge in [-0.25, -0.2) is 9.97 Å². The molecule has 7 nitrogen and oxygen atoms in total. The van der Waals surface area contributed by atoms with E-state index < -0.39 is 0 Å². The lowest BCUT2D eigenvalue weighted by atomic mass is 10.2. The monoisotopic (exact) mass is 386 g/mol.